The van der Waals surface area contributed by atoms with Gasteiger partial charge in [-0.3, -0.25) is 0 Å². The molecule has 3 N–H and O–H groups in total. The van der Waals surface area contributed by atoms with Crippen LogP contribution in [0.15, 0.2) is 27.6 Å². The van der Waals surface area contributed by atoms with E-state index in [0.717, 1.165) is 18.8 Å². The maximum absolute atomic E-state index is 12.4. The lowest BCUT2D eigenvalue weighted by Crippen LogP contribution is -2.38. The van der Waals surface area contributed by atoms with Gasteiger partial charge in [0.05, 0.1) is 4.90 Å². The van der Waals surface area contributed by atoms with Gasteiger partial charge in [-0.1, -0.05) is 6.42 Å². The van der Waals surface area contributed by atoms with Crippen molar-refractivity contribution in [3.8, 4) is 0 Å². The van der Waals surface area contributed by atoms with Crippen LogP contribution in [0.3, 0.4) is 0 Å². The Labute approximate surface area is 121 Å². The van der Waals surface area contributed by atoms with Gasteiger partial charge < -0.3 is 5.73 Å². The fraction of sp³-hybridized carbons (Fsp3) is 0.538. The Morgan fingerprint density at radius 1 is 1.26 bits per heavy atom. The van der Waals surface area contributed by atoms with Gasteiger partial charge in [0.15, 0.2) is 0 Å². The predicted molar refractivity (Wildman–Crippen MR) is 78.1 cm³/mol. The molecule has 19 heavy (non-hydrogen) atoms. The molecule has 2 aliphatic carbocycles. The van der Waals surface area contributed by atoms with Crippen LogP contribution in [-0.4, -0.2) is 14.5 Å². The molecule has 2 aliphatic rings. The quantitative estimate of drug-likeness (QED) is 0.827. The lowest BCUT2D eigenvalue weighted by molar-refractivity contribution is 0.390. The van der Waals surface area contributed by atoms with Gasteiger partial charge in [0.25, 0.3) is 0 Å². The van der Waals surface area contributed by atoms with E-state index >= 15 is 0 Å². The second-order valence-corrected chi connectivity index (χ2v) is 8.15. The van der Waals surface area contributed by atoms with Crippen LogP contribution in [0.1, 0.15) is 25.7 Å². The molecule has 0 amide bonds. The van der Waals surface area contributed by atoms with Crippen molar-refractivity contribution in [2.45, 2.75) is 36.6 Å². The van der Waals surface area contributed by atoms with Crippen molar-refractivity contribution in [1.29, 1.82) is 0 Å². The highest BCUT2D eigenvalue weighted by molar-refractivity contribution is 9.10. The molecule has 4 nitrogen and oxygen atoms in total. The van der Waals surface area contributed by atoms with Crippen LogP contribution in [0, 0.1) is 11.8 Å². The van der Waals surface area contributed by atoms with E-state index in [9.17, 15) is 8.42 Å². The molecule has 3 rings (SSSR count). The summed E-state index contributed by atoms with van der Waals surface area (Å²) in [6, 6.07) is 4.83. The predicted octanol–water partition coefficient (Wildman–Crippen LogP) is 2.50. The molecular weight excluding hydrogens is 328 g/mol. The molecule has 2 fully saturated rings. The second-order valence-electron chi connectivity index (χ2n) is 5.59. The summed E-state index contributed by atoms with van der Waals surface area (Å²) < 4.78 is 28.2. The summed E-state index contributed by atoms with van der Waals surface area (Å²) >= 11 is 3.27. The van der Waals surface area contributed by atoms with Crippen LogP contribution in [0.25, 0.3) is 0 Å². The van der Waals surface area contributed by atoms with Crippen molar-refractivity contribution < 1.29 is 8.42 Å². The van der Waals surface area contributed by atoms with Crippen molar-refractivity contribution in [2.75, 3.05) is 5.73 Å². The molecule has 3 atom stereocenters. The molecule has 104 valence electrons. The van der Waals surface area contributed by atoms with Crippen LogP contribution in [-0.2, 0) is 10.0 Å². The first-order chi connectivity index (χ1) is 8.95. The standard InChI is InChI=1S/C13H17BrN2O2S/c14-11-7-10(3-4-12(11)15)19(17,18)16-13-6-8-1-2-9(13)5-8/h3-4,7-9,13,16H,1-2,5-6,15H2. The van der Waals surface area contributed by atoms with Crippen molar-refractivity contribution >= 4 is 31.6 Å². The highest BCUT2D eigenvalue weighted by Gasteiger charge is 2.41. The van der Waals surface area contributed by atoms with E-state index in [0.29, 0.717) is 16.1 Å². The molecule has 1 aromatic carbocycles. The fourth-order valence-electron chi connectivity index (χ4n) is 3.33. The number of hydrogen-bond donors (Lipinski definition) is 2. The molecule has 0 aromatic heterocycles. The monoisotopic (exact) mass is 344 g/mol. The minimum Gasteiger partial charge on any atom is -0.398 e. The number of hydrogen-bond acceptors (Lipinski definition) is 3. The Morgan fingerprint density at radius 3 is 2.63 bits per heavy atom. The molecule has 0 heterocycles. The van der Waals surface area contributed by atoms with E-state index in [2.05, 4.69) is 20.7 Å². The molecule has 0 saturated heterocycles. The summed E-state index contributed by atoms with van der Waals surface area (Å²) in [6.07, 6.45) is 4.58. The lowest BCUT2D eigenvalue weighted by Gasteiger charge is -2.22. The average Bonchev–Trinajstić information content (AvgIpc) is 2.94. The highest BCUT2D eigenvalue weighted by atomic mass is 79.9. The average molecular weight is 345 g/mol. The number of sulfonamides is 1. The Balaban J connectivity index is 1.80. The van der Waals surface area contributed by atoms with Gasteiger partial charge in [0.2, 0.25) is 10.0 Å². The first-order valence-corrected chi connectivity index (χ1v) is 8.80. The van der Waals surface area contributed by atoms with E-state index in [1.807, 2.05) is 0 Å². The molecular formula is C13H17BrN2O2S. The molecule has 0 aliphatic heterocycles. The van der Waals surface area contributed by atoms with Crippen molar-refractivity contribution in [2.24, 2.45) is 11.8 Å². The van der Waals surface area contributed by atoms with E-state index in [1.165, 1.54) is 12.8 Å². The molecule has 2 saturated carbocycles. The third kappa shape index (κ3) is 2.53. The largest absolute Gasteiger partial charge is 0.398 e. The Kier molecular flexibility index (Phi) is 3.35. The van der Waals surface area contributed by atoms with Gasteiger partial charge in [0.1, 0.15) is 0 Å². The van der Waals surface area contributed by atoms with Crippen LogP contribution >= 0.6 is 15.9 Å². The fourth-order valence-corrected chi connectivity index (χ4v) is 5.21. The number of fused-ring (bicyclic) bond motifs is 2. The van der Waals surface area contributed by atoms with Gasteiger partial charge in [-0.2, -0.15) is 0 Å². The number of rotatable bonds is 3. The zero-order valence-electron chi connectivity index (χ0n) is 10.5. The van der Waals surface area contributed by atoms with Gasteiger partial charge >= 0.3 is 0 Å². The summed E-state index contributed by atoms with van der Waals surface area (Å²) in [7, 11) is -3.44. The summed E-state index contributed by atoms with van der Waals surface area (Å²) in [5.74, 6) is 1.24. The first-order valence-electron chi connectivity index (χ1n) is 6.53. The number of nitrogen functional groups attached to an aromatic ring is 1. The Bertz CT molecular complexity index is 603. The summed E-state index contributed by atoms with van der Waals surface area (Å²) in [5, 5.41) is 0. The molecule has 6 heteroatoms. The van der Waals surface area contributed by atoms with Crippen LogP contribution in [0.4, 0.5) is 5.69 Å². The number of halogens is 1. The smallest absolute Gasteiger partial charge is 0.240 e. The van der Waals surface area contributed by atoms with Crippen molar-refractivity contribution in [1.82, 2.24) is 4.72 Å². The zero-order chi connectivity index (χ0) is 13.6. The van der Waals surface area contributed by atoms with Crippen LogP contribution < -0.4 is 10.5 Å². The van der Waals surface area contributed by atoms with Gasteiger partial charge in [-0.15, -0.1) is 0 Å². The summed E-state index contributed by atoms with van der Waals surface area (Å²) in [4.78, 5) is 0.274. The van der Waals surface area contributed by atoms with E-state index < -0.39 is 10.0 Å². The van der Waals surface area contributed by atoms with E-state index in [4.69, 9.17) is 5.73 Å². The Hall–Kier alpha value is -0.590. The zero-order valence-corrected chi connectivity index (χ0v) is 12.9. The maximum atomic E-state index is 12.4. The summed E-state index contributed by atoms with van der Waals surface area (Å²) in [5.41, 5.74) is 6.22. The Morgan fingerprint density at radius 2 is 2.05 bits per heavy atom. The number of nitrogens with one attached hydrogen (secondary N) is 1. The molecule has 3 unspecified atom stereocenters. The lowest BCUT2D eigenvalue weighted by atomic mass is 9.96. The topological polar surface area (TPSA) is 72.2 Å². The van der Waals surface area contributed by atoms with Gasteiger partial charge in [0, 0.05) is 16.2 Å². The SMILES string of the molecule is Nc1ccc(S(=O)(=O)NC2CC3CCC2C3)cc1Br. The third-order valence-corrected chi connectivity index (χ3v) is 6.50. The van der Waals surface area contributed by atoms with Crippen molar-refractivity contribution in [3.05, 3.63) is 22.7 Å². The van der Waals surface area contributed by atoms with Gasteiger partial charge in [-0.05, 0) is 65.2 Å². The maximum Gasteiger partial charge on any atom is 0.240 e. The van der Waals surface area contributed by atoms with Gasteiger partial charge in [-0.25, -0.2) is 13.1 Å². The number of anilines is 1. The normalized spacial score (nSPS) is 29.8. The van der Waals surface area contributed by atoms with E-state index in [1.54, 1.807) is 18.2 Å². The van der Waals surface area contributed by atoms with E-state index in [-0.39, 0.29) is 10.9 Å². The molecule has 0 radical (unpaired) electrons. The minimum atomic E-state index is -3.44. The molecule has 1 aromatic rings. The second kappa shape index (κ2) is 4.75. The third-order valence-electron chi connectivity index (χ3n) is 4.33. The molecule has 0 spiro atoms. The first kappa shape index (κ1) is 13.4. The summed E-state index contributed by atoms with van der Waals surface area (Å²) in [6.45, 7) is 0. The van der Waals surface area contributed by atoms with Crippen LogP contribution in [0.5, 0.6) is 0 Å². The van der Waals surface area contributed by atoms with Crippen LogP contribution in [0.2, 0.25) is 0 Å². The minimum absolute atomic E-state index is 0.111. The highest BCUT2D eigenvalue weighted by Crippen LogP contribution is 2.44. The number of benzene rings is 1. The number of nitrogens with two attached hydrogens (primary N) is 1. The van der Waals surface area contributed by atoms with Crippen molar-refractivity contribution in [3.63, 3.8) is 0 Å². The molecule has 2 bridgehead atoms.